The second-order valence-electron chi connectivity index (χ2n) is 4.85. The standard InChI is InChI=1S/C16H13FN4O2S/c1-23-14-7-2-10(8-13(14)22)9-18-21-15(19-20-16(21)24)11-3-5-12(17)6-4-11/h2-9,22H,1H3,(H,20,24)/b18-9-. The molecule has 1 heterocycles. The van der Waals surface area contributed by atoms with Crippen LogP contribution in [0, 0.1) is 10.6 Å². The molecule has 0 atom stereocenters. The van der Waals surface area contributed by atoms with Gasteiger partial charge in [0, 0.05) is 5.56 Å². The highest BCUT2D eigenvalue weighted by molar-refractivity contribution is 7.71. The maximum atomic E-state index is 13.1. The van der Waals surface area contributed by atoms with Gasteiger partial charge in [-0.05, 0) is 60.2 Å². The average molecular weight is 344 g/mol. The molecule has 8 heteroatoms. The zero-order chi connectivity index (χ0) is 17.1. The monoisotopic (exact) mass is 344 g/mol. The first-order valence-corrected chi connectivity index (χ1v) is 7.34. The first-order valence-electron chi connectivity index (χ1n) is 6.93. The number of aromatic hydroxyl groups is 1. The van der Waals surface area contributed by atoms with E-state index in [1.54, 1.807) is 24.3 Å². The minimum absolute atomic E-state index is 0.0102. The van der Waals surface area contributed by atoms with Crippen molar-refractivity contribution in [1.82, 2.24) is 14.9 Å². The minimum Gasteiger partial charge on any atom is -0.504 e. The van der Waals surface area contributed by atoms with Crippen molar-refractivity contribution in [3.8, 4) is 22.9 Å². The van der Waals surface area contributed by atoms with Crippen molar-refractivity contribution < 1.29 is 14.2 Å². The first-order chi connectivity index (χ1) is 11.6. The lowest BCUT2D eigenvalue weighted by Crippen LogP contribution is -1.95. The molecule has 2 N–H and O–H groups in total. The van der Waals surface area contributed by atoms with Crippen LogP contribution in [0.2, 0.25) is 0 Å². The van der Waals surface area contributed by atoms with Crippen LogP contribution in [0.5, 0.6) is 11.5 Å². The van der Waals surface area contributed by atoms with E-state index in [0.29, 0.717) is 27.5 Å². The van der Waals surface area contributed by atoms with Gasteiger partial charge in [0.05, 0.1) is 13.3 Å². The van der Waals surface area contributed by atoms with Gasteiger partial charge < -0.3 is 9.84 Å². The van der Waals surface area contributed by atoms with Crippen LogP contribution in [0.25, 0.3) is 11.4 Å². The summed E-state index contributed by atoms with van der Waals surface area (Å²) in [5.41, 5.74) is 1.32. The zero-order valence-electron chi connectivity index (χ0n) is 12.6. The number of halogens is 1. The number of nitrogens with zero attached hydrogens (tertiary/aromatic N) is 3. The molecule has 0 spiro atoms. The molecule has 0 radical (unpaired) electrons. The molecule has 6 nitrogen and oxygen atoms in total. The highest BCUT2D eigenvalue weighted by atomic mass is 32.1. The fourth-order valence-electron chi connectivity index (χ4n) is 2.10. The molecule has 0 saturated carbocycles. The fourth-order valence-corrected chi connectivity index (χ4v) is 2.28. The summed E-state index contributed by atoms with van der Waals surface area (Å²) in [6.07, 6.45) is 1.53. The summed E-state index contributed by atoms with van der Waals surface area (Å²) in [4.78, 5) is 0. The number of rotatable bonds is 4. The molecule has 0 fully saturated rings. The SMILES string of the molecule is COc1ccc(/C=N\n2c(-c3ccc(F)cc3)n[nH]c2=S)cc1O. The Balaban J connectivity index is 1.96. The van der Waals surface area contributed by atoms with Crippen molar-refractivity contribution >= 4 is 18.4 Å². The Kier molecular flexibility index (Phi) is 4.39. The average Bonchev–Trinajstić information content (AvgIpc) is 2.94. The Morgan fingerprint density at radius 3 is 2.71 bits per heavy atom. The van der Waals surface area contributed by atoms with E-state index < -0.39 is 0 Å². The second kappa shape index (κ2) is 6.63. The van der Waals surface area contributed by atoms with E-state index >= 15 is 0 Å². The topological polar surface area (TPSA) is 75.4 Å². The van der Waals surface area contributed by atoms with E-state index in [0.717, 1.165) is 0 Å². The lowest BCUT2D eigenvalue weighted by atomic mass is 10.2. The van der Waals surface area contributed by atoms with E-state index in [2.05, 4.69) is 15.3 Å². The molecule has 0 aliphatic heterocycles. The number of methoxy groups -OCH3 is 1. The smallest absolute Gasteiger partial charge is 0.216 e. The third-order valence-electron chi connectivity index (χ3n) is 3.28. The van der Waals surface area contributed by atoms with Gasteiger partial charge in [0.15, 0.2) is 17.3 Å². The number of phenols is 1. The maximum Gasteiger partial charge on any atom is 0.216 e. The molecular weight excluding hydrogens is 331 g/mol. The Labute approximate surface area is 141 Å². The summed E-state index contributed by atoms with van der Waals surface area (Å²) in [5.74, 6) is 0.501. The van der Waals surface area contributed by atoms with Crippen LogP contribution in [0.15, 0.2) is 47.6 Å². The molecule has 0 amide bonds. The van der Waals surface area contributed by atoms with Crippen LogP contribution in [0.4, 0.5) is 4.39 Å². The van der Waals surface area contributed by atoms with Gasteiger partial charge in [0.2, 0.25) is 4.77 Å². The summed E-state index contributed by atoms with van der Waals surface area (Å²) in [6, 6.07) is 10.7. The van der Waals surface area contributed by atoms with Crippen LogP contribution in [-0.4, -0.2) is 33.3 Å². The van der Waals surface area contributed by atoms with Crippen molar-refractivity contribution in [3.63, 3.8) is 0 Å². The molecule has 0 aliphatic rings. The molecule has 0 unspecified atom stereocenters. The third kappa shape index (κ3) is 3.18. The van der Waals surface area contributed by atoms with E-state index in [4.69, 9.17) is 17.0 Å². The maximum absolute atomic E-state index is 13.1. The second-order valence-corrected chi connectivity index (χ2v) is 5.23. The summed E-state index contributed by atoms with van der Waals surface area (Å²) in [6.45, 7) is 0. The number of phenolic OH excluding ortho intramolecular Hbond substituents is 1. The number of nitrogens with one attached hydrogen (secondary N) is 1. The van der Waals surface area contributed by atoms with Crippen LogP contribution in [0.1, 0.15) is 5.56 Å². The van der Waals surface area contributed by atoms with Gasteiger partial charge in [-0.3, -0.25) is 0 Å². The number of hydrogen-bond donors (Lipinski definition) is 2. The van der Waals surface area contributed by atoms with Crippen molar-refractivity contribution in [2.24, 2.45) is 5.10 Å². The molecule has 0 bridgehead atoms. The molecule has 1 aromatic heterocycles. The summed E-state index contributed by atoms with van der Waals surface area (Å²) >= 11 is 5.17. The first kappa shape index (κ1) is 15.9. The van der Waals surface area contributed by atoms with Crippen LogP contribution in [0.3, 0.4) is 0 Å². The molecule has 24 heavy (non-hydrogen) atoms. The van der Waals surface area contributed by atoms with Crippen molar-refractivity contribution in [3.05, 3.63) is 58.6 Å². The lowest BCUT2D eigenvalue weighted by molar-refractivity contribution is 0.373. The highest BCUT2D eigenvalue weighted by Gasteiger charge is 2.08. The van der Waals surface area contributed by atoms with Crippen molar-refractivity contribution in [1.29, 1.82) is 0 Å². The minimum atomic E-state index is -0.336. The molecule has 3 aromatic rings. The van der Waals surface area contributed by atoms with E-state index in [1.807, 2.05) is 0 Å². The molecule has 0 saturated heterocycles. The molecule has 3 rings (SSSR count). The van der Waals surface area contributed by atoms with Crippen LogP contribution >= 0.6 is 12.2 Å². The summed E-state index contributed by atoms with van der Waals surface area (Å²) in [7, 11) is 1.47. The van der Waals surface area contributed by atoms with Gasteiger partial charge in [-0.1, -0.05) is 0 Å². The van der Waals surface area contributed by atoms with Crippen LogP contribution in [-0.2, 0) is 0 Å². The van der Waals surface area contributed by atoms with Crippen molar-refractivity contribution in [2.75, 3.05) is 7.11 Å². The van der Waals surface area contributed by atoms with Gasteiger partial charge in [0.1, 0.15) is 5.82 Å². The Morgan fingerprint density at radius 1 is 1.29 bits per heavy atom. The Hall–Kier alpha value is -3.00. The van der Waals surface area contributed by atoms with Gasteiger partial charge >= 0.3 is 0 Å². The number of aromatic nitrogens is 3. The Bertz CT molecular complexity index is 947. The molecule has 0 aliphatic carbocycles. The molecule has 2 aromatic carbocycles. The van der Waals surface area contributed by atoms with Crippen molar-refractivity contribution in [2.45, 2.75) is 0 Å². The lowest BCUT2D eigenvalue weighted by Gasteiger charge is -2.03. The van der Waals surface area contributed by atoms with E-state index in [1.165, 1.54) is 36.2 Å². The number of H-pyrrole nitrogens is 1. The molecule has 122 valence electrons. The zero-order valence-corrected chi connectivity index (χ0v) is 13.4. The summed E-state index contributed by atoms with van der Waals surface area (Å²) in [5, 5.41) is 20.8. The predicted octanol–water partition coefficient (Wildman–Crippen LogP) is 3.34. The van der Waals surface area contributed by atoms with Crippen LogP contribution < -0.4 is 4.74 Å². The summed E-state index contributed by atoms with van der Waals surface area (Å²) < 4.78 is 19.8. The largest absolute Gasteiger partial charge is 0.504 e. The molecular formula is C16H13FN4O2S. The predicted molar refractivity (Wildman–Crippen MR) is 90.5 cm³/mol. The van der Waals surface area contributed by atoms with Gasteiger partial charge in [-0.2, -0.15) is 14.9 Å². The number of ether oxygens (including phenoxy) is 1. The number of benzene rings is 2. The van der Waals surface area contributed by atoms with Gasteiger partial charge in [0.25, 0.3) is 0 Å². The quantitative estimate of drug-likeness (QED) is 0.562. The van der Waals surface area contributed by atoms with E-state index in [-0.39, 0.29) is 11.6 Å². The van der Waals surface area contributed by atoms with Gasteiger partial charge in [-0.25, -0.2) is 9.49 Å². The number of aromatic amines is 1. The normalized spacial score (nSPS) is 11.1. The van der Waals surface area contributed by atoms with E-state index in [9.17, 15) is 9.50 Å². The highest BCUT2D eigenvalue weighted by Crippen LogP contribution is 2.25. The number of hydrogen-bond acceptors (Lipinski definition) is 5. The fraction of sp³-hybridized carbons (Fsp3) is 0.0625. The van der Waals surface area contributed by atoms with Gasteiger partial charge in [-0.15, -0.1) is 0 Å². The Morgan fingerprint density at radius 2 is 2.04 bits per heavy atom. The third-order valence-corrected chi connectivity index (χ3v) is 3.54.